The number of anilines is 2. The fourth-order valence-electron chi connectivity index (χ4n) is 3.80. The Hall–Kier alpha value is -3.63. The van der Waals surface area contributed by atoms with E-state index in [1.165, 1.54) is 35.6 Å². The van der Waals surface area contributed by atoms with Gasteiger partial charge in [0.15, 0.2) is 5.13 Å². The van der Waals surface area contributed by atoms with Gasteiger partial charge in [0.05, 0.1) is 41.0 Å². The number of nitrogens with zero attached hydrogens (tertiary/aromatic N) is 3. The van der Waals surface area contributed by atoms with Gasteiger partial charge in [0.25, 0.3) is 10.0 Å². The Morgan fingerprint density at radius 3 is 2.43 bits per heavy atom. The number of benzene rings is 3. The minimum atomic E-state index is -3.75. The third kappa shape index (κ3) is 4.42. The summed E-state index contributed by atoms with van der Waals surface area (Å²) in [7, 11) is -0.627. The van der Waals surface area contributed by atoms with E-state index in [0.29, 0.717) is 24.3 Å². The summed E-state index contributed by atoms with van der Waals surface area (Å²) in [6.45, 7) is 1.09. The second kappa shape index (κ2) is 9.20. The monoisotopic (exact) mass is 509 g/mol. The molecule has 0 aliphatic carbocycles. The van der Waals surface area contributed by atoms with Crippen molar-refractivity contribution in [2.24, 2.45) is 0 Å². The zero-order valence-electron chi connectivity index (χ0n) is 19.1. The molecule has 1 saturated heterocycles. The van der Waals surface area contributed by atoms with Crippen molar-refractivity contribution in [1.82, 2.24) is 4.98 Å². The fourth-order valence-corrected chi connectivity index (χ4v) is 5.99. The lowest BCUT2D eigenvalue weighted by Crippen LogP contribution is -2.53. The smallest absolute Gasteiger partial charge is 0.338 e. The summed E-state index contributed by atoms with van der Waals surface area (Å²) < 4.78 is 39.0. The number of hydrogen-bond acceptors (Lipinski definition) is 8. The largest absolute Gasteiger partial charge is 0.494 e. The van der Waals surface area contributed by atoms with Gasteiger partial charge in [-0.1, -0.05) is 35.6 Å². The fraction of sp³-hybridized carbons (Fsp3) is 0.200. The molecule has 0 N–H and O–H groups in total. The van der Waals surface area contributed by atoms with E-state index in [2.05, 4.69) is 9.88 Å². The lowest BCUT2D eigenvalue weighted by atomic mass is 10.2. The number of sulfonamides is 1. The summed E-state index contributed by atoms with van der Waals surface area (Å²) in [6, 6.07) is 20.4. The number of methoxy groups -OCH3 is 1. The molecule has 1 aliphatic rings. The highest BCUT2D eigenvalue weighted by Crippen LogP contribution is 2.36. The first-order chi connectivity index (χ1) is 16.9. The molecule has 8 nitrogen and oxygen atoms in total. The predicted molar refractivity (Wildman–Crippen MR) is 136 cm³/mol. The van der Waals surface area contributed by atoms with Crippen LogP contribution in [0.1, 0.15) is 10.4 Å². The van der Waals surface area contributed by atoms with Gasteiger partial charge in [-0.2, -0.15) is 0 Å². The second-order valence-electron chi connectivity index (χ2n) is 8.07. The highest BCUT2D eigenvalue weighted by atomic mass is 32.2. The second-order valence-corrected chi connectivity index (χ2v) is 11.0. The van der Waals surface area contributed by atoms with E-state index < -0.39 is 16.0 Å². The minimum Gasteiger partial charge on any atom is -0.494 e. The van der Waals surface area contributed by atoms with E-state index in [1.807, 2.05) is 24.3 Å². The standard InChI is InChI=1S/C25H23N3O5S2/c1-27(18-7-4-3-5-8-18)35(30,31)20-13-11-17(12-14-20)24(29)33-19-15-28(16-19)25-26-23-21(32-2)9-6-10-22(23)34-25/h3-14,19H,15-16H2,1-2H3. The maximum absolute atomic E-state index is 12.9. The van der Waals surface area contributed by atoms with Gasteiger partial charge in [-0.15, -0.1) is 0 Å². The van der Waals surface area contributed by atoms with Crippen LogP contribution in [-0.2, 0) is 14.8 Å². The molecule has 0 radical (unpaired) electrons. The normalized spacial score (nSPS) is 13.9. The number of fused-ring (bicyclic) bond motifs is 1. The summed E-state index contributed by atoms with van der Waals surface area (Å²) >= 11 is 1.57. The average molecular weight is 510 g/mol. The number of thiazole rings is 1. The van der Waals surface area contributed by atoms with Crippen LogP contribution in [0.5, 0.6) is 5.75 Å². The Morgan fingerprint density at radius 2 is 1.74 bits per heavy atom. The maximum atomic E-state index is 12.9. The van der Waals surface area contributed by atoms with Crippen molar-refractivity contribution in [2.75, 3.05) is 36.5 Å². The van der Waals surface area contributed by atoms with Crippen molar-refractivity contribution in [1.29, 1.82) is 0 Å². The van der Waals surface area contributed by atoms with E-state index >= 15 is 0 Å². The Labute approximate surface area is 207 Å². The van der Waals surface area contributed by atoms with Crippen LogP contribution in [0, 0.1) is 0 Å². The van der Waals surface area contributed by atoms with Crippen LogP contribution in [0.15, 0.2) is 77.7 Å². The van der Waals surface area contributed by atoms with Gasteiger partial charge >= 0.3 is 5.97 Å². The highest BCUT2D eigenvalue weighted by Gasteiger charge is 2.33. The van der Waals surface area contributed by atoms with Gasteiger partial charge in [0.1, 0.15) is 17.4 Å². The molecule has 3 aromatic carbocycles. The first-order valence-corrected chi connectivity index (χ1v) is 13.2. The molecule has 35 heavy (non-hydrogen) atoms. The number of hydrogen-bond donors (Lipinski definition) is 0. The molecule has 2 heterocycles. The molecular weight excluding hydrogens is 486 g/mol. The van der Waals surface area contributed by atoms with Crippen molar-refractivity contribution < 1.29 is 22.7 Å². The van der Waals surface area contributed by atoms with Crippen LogP contribution in [0.25, 0.3) is 10.2 Å². The predicted octanol–water partition coefficient (Wildman–Crippen LogP) is 4.18. The Balaban J connectivity index is 1.21. The number of aromatic nitrogens is 1. The zero-order chi connectivity index (χ0) is 24.6. The molecule has 0 spiro atoms. The third-order valence-corrected chi connectivity index (χ3v) is 8.73. The number of para-hydroxylation sites is 2. The molecule has 180 valence electrons. The molecule has 0 unspecified atom stereocenters. The molecule has 0 bridgehead atoms. The summed E-state index contributed by atoms with van der Waals surface area (Å²) in [5.74, 6) is 0.245. The molecule has 0 saturated carbocycles. The van der Waals surface area contributed by atoms with Gasteiger partial charge in [-0.25, -0.2) is 18.2 Å². The van der Waals surface area contributed by atoms with Crippen LogP contribution in [0.2, 0.25) is 0 Å². The highest BCUT2D eigenvalue weighted by molar-refractivity contribution is 7.92. The average Bonchev–Trinajstić information content (AvgIpc) is 3.29. The molecule has 0 atom stereocenters. The van der Waals surface area contributed by atoms with Crippen LogP contribution in [-0.4, -0.2) is 52.7 Å². The molecule has 10 heteroatoms. The van der Waals surface area contributed by atoms with Gasteiger partial charge in [-0.05, 0) is 48.5 Å². The molecule has 4 aromatic rings. The van der Waals surface area contributed by atoms with Gasteiger partial charge < -0.3 is 14.4 Å². The summed E-state index contributed by atoms with van der Waals surface area (Å²) in [6.07, 6.45) is -0.260. The minimum absolute atomic E-state index is 0.0986. The van der Waals surface area contributed by atoms with Gasteiger partial charge in [-0.3, -0.25) is 4.31 Å². The van der Waals surface area contributed by atoms with Crippen LogP contribution >= 0.6 is 11.3 Å². The van der Waals surface area contributed by atoms with E-state index in [0.717, 1.165) is 21.1 Å². The van der Waals surface area contributed by atoms with Crippen molar-refractivity contribution in [2.45, 2.75) is 11.0 Å². The molecule has 0 amide bonds. The van der Waals surface area contributed by atoms with E-state index in [4.69, 9.17) is 9.47 Å². The summed E-state index contributed by atoms with van der Waals surface area (Å²) in [5.41, 5.74) is 1.68. The zero-order valence-corrected chi connectivity index (χ0v) is 20.8. The number of carbonyl (C=O) groups excluding carboxylic acids is 1. The lowest BCUT2D eigenvalue weighted by molar-refractivity contribution is 0.0234. The lowest BCUT2D eigenvalue weighted by Gasteiger charge is -2.38. The number of carbonyl (C=O) groups is 1. The molecular formula is C25H23N3O5S2. The molecule has 5 rings (SSSR count). The Kier molecular flexibility index (Phi) is 6.08. The Morgan fingerprint density at radius 1 is 1.03 bits per heavy atom. The van der Waals surface area contributed by atoms with E-state index in [1.54, 1.807) is 42.7 Å². The third-order valence-electron chi connectivity index (χ3n) is 5.85. The van der Waals surface area contributed by atoms with Crippen molar-refractivity contribution in [3.63, 3.8) is 0 Å². The maximum Gasteiger partial charge on any atom is 0.338 e. The Bertz CT molecular complexity index is 1460. The van der Waals surface area contributed by atoms with Crippen LogP contribution in [0.4, 0.5) is 10.8 Å². The number of esters is 1. The van der Waals surface area contributed by atoms with Crippen LogP contribution < -0.4 is 13.9 Å². The van der Waals surface area contributed by atoms with Gasteiger partial charge in [0.2, 0.25) is 0 Å². The topological polar surface area (TPSA) is 89.0 Å². The van der Waals surface area contributed by atoms with Crippen LogP contribution in [0.3, 0.4) is 0 Å². The summed E-state index contributed by atoms with van der Waals surface area (Å²) in [4.78, 5) is 19.4. The van der Waals surface area contributed by atoms with E-state index in [9.17, 15) is 13.2 Å². The molecule has 1 aliphatic heterocycles. The van der Waals surface area contributed by atoms with Crippen molar-refractivity contribution in [3.05, 3.63) is 78.4 Å². The SMILES string of the molecule is COc1cccc2sc(N3CC(OC(=O)c4ccc(S(=O)(=O)N(C)c5ccccc5)cc4)C3)nc12. The van der Waals surface area contributed by atoms with Crippen molar-refractivity contribution >= 4 is 48.4 Å². The van der Waals surface area contributed by atoms with Crippen molar-refractivity contribution in [3.8, 4) is 5.75 Å². The number of rotatable bonds is 7. The first-order valence-electron chi connectivity index (χ1n) is 10.9. The molecule has 1 fully saturated rings. The number of ether oxygens (including phenoxy) is 2. The first kappa shape index (κ1) is 23.1. The summed E-state index contributed by atoms with van der Waals surface area (Å²) in [5, 5.41) is 0.855. The quantitative estimate of drug-likeness (QED) is 0.345. The van der Waals surface area contributed by atoms with E-state index in [-0.39, 0.29) is 11.0 Å². The molecule has 1 aromatic heterocycles. The van der Waals surface area contributed by atoms with Gasteiger partial charge in [0, 0.05) is 7.05 Å².